The van der Waals surface area contributed by atoms with Crippen LogP contribution in [0.25, 0.3) is 0 Å². The third-order valence-electron chi connectivity index (χ3n) is 4.26. The highest BCUT2D eigenvalue weighted by molar-refractivity contribution is 6.30. The van der Waals surface area contributed by atoms with E-state index in [-0.39, 0.29) is 11.5 Å². The van der Waals surface area contributed by atoms with E-state index in [1.165, 1.54) is 12.3 Å². The van der Waals surface area contributed by atoms with Crippen LogP contribution in [0, 0.1) is 12.3 Å². The Hall–Kier alpha value is -4.15. The molecule has 32 heavy (non-hydrogen) atoms. The predicted octanol–water partition coefficient (Wildman–Crippen LogP) is 4.12. The fourth-order valence-electron chi connectivity index (χ4n) is 2.66. The van der Waals surface area contributed by atoms with Crippen LogP contribution in [-0.4, -0.2) is 42.1 Å². The number of hydrogen-bond donors (Lipinski definition) is 2. The van der Waals surface area contributed by atoms with Crippen molar-refractivity contribution in [2.24, 2.45) is 5.10 Å². The van der Waals surface area contributed by atoms with Crippen molar-refractivity contribution in [3.05, 3.63) is 88.1 Å². The molecule has 0 bridgehead atoms. The normalized spacial score (nSPS) is 10.4. The first-order chi connectivity index (χ1) is 15.4. The van der Waals surface area contributed by atoms with Crippen LogP contribution in [0.15, 0.2) is 65.9 Å². The van der Waals surface area contributed by atoms with Crippen LogP contribution in [0.4, 0.5) is 11.5 Å². The van der Waals surface area contributed by atoms with Crippen molar-refractivity contribution >= 4 is 41.1 Å². The van der Waals surface area contributed by atoms with Gasteiger partial charge in [0.15, 0.2) is 0 Å². The van der Waals surface area contributed by atoms with Gasteiger partial charge in [-0.2, -0.15) is 5.10 Å². The summed E-state index contributed by atoms with van der Waals surface area (Å²) in [6.45, 7) is 0. The smallest absolute Gasteiger partial charge is 0.258 e. The molecule has 0 saturated heterocycles. The zero-order valence-corrected chi connectivity index (χ0v) is 18.2. The molecule has 8 heteroatoms. The summed E-state index contributed by atoms with van der Waals surface area (Å²) in [6, 6.07) is 14.9. The Labute approximate surface area is 191 Å². The molecule has 2 amide bonds. The topological polar surface area (TPSA) is 86.7 Å². The molecule has 0 saturated carbocycles. The lowest BCUT2D eigenvalue weighted by molar-refractivity contribution is 0.102. The summed E-state index contributed by atoms with van der Waals surface area (Å²) in [5.74, 6) is 1.97. The van der Waals surface area contributed by atoms with Crippen LogP contribution in [0.2, 0.25) is 5.02 Å². The summed E-state index contributed by atoms with van der Waals surface area (Å²) < 4.78 is 0. The zero-order valence-electron chi connectivity index (χ0n) is 17.5. The minimum atomic E-state index is -0.470. The van der Waals surface area contributed by atoms with Gasteiger partial charge >= 0.3 is 0 Å². The molecule has 0 aliphatic heterocycles. The second-order valence-corrected chi connectivity index (χ2v) is 7.32. The van der Waals surface area contributed by atoms with Gasteiger partial charge in [0.2, 0.25) is 0 Å². The lowest BCUT2D eigenvalue weighted by Crippen LogP contribution is -2.19. The molecule has 1 heterocycles. The molecule has 2 N–H and O–H groups in total. The highest BCUT2D eigenvalue weighted by Crippen LogP contribution is 2.21. The fourth-order valence-corrected chi connectivity index (χ4v) is 2.77. The quantitative estimate of drug-likeness (QED) is 0.339. The largest absolute Gasteiger partial charge is 0.321 e. The molecule has 0 radical (unpaired) electrons. The number of terminal acetylenes is 1. The van der Waals surface area contributed by atoms with Crippen molar-refractivity contribution in [2.45, 2.75) is 0 Å². The molecule has 7 nitrogen and oxygen atoms in total. The molecule has 0 aliphatic rings. The van der Waals surface area contributed by atoms with E-state index in [9.17, 15) is 9.59 Å². The number of carbonyl (C=O) groups excluding carboxylic acids is 2. The zero-order chi connectivity index (χ0) is 23.1. The van der Waals surface area contributed by atoms with Crippen molar-refractivity contribution in [2.75, 3.05) is 24.7 Å². The van der Waals surface area contributed by atoms with Crippen molar-refractivity contribution in [3.8, 4) is 12.3 Å². The minimum Gasteiger partial charge on any atom is -0.321 e. The summed E-state index contributed by atoms with van der Waals surface area (Å²) in [4.78, 5) is 29.7. The molecule has 0 unspecified atom stereocenters. The lowest BCUT2D eigenvalue weighted by atomic mass is 10.1. The van der Waals surface area contributed by atoms with Gasteiger partial charge in [0.1, 0.15) is 5.82 Å². The van der Waals surface area contributed by atoms with E-state index in [4.69, 9.17) is 18.0 Å². The fraction of sp³-hybridized carbons (Fsp3) is 0.0833. The van der Waals surface area contributed by atoms with E-state index < -0.39 is 5.91 Å². The van der Waals surface area contributed by atoms with E-state index in [0.717, 1.165) is 5.56 Å². The van der Waals surface area contributed by atoms with Gasteiger partial charge in [-0.25, -0.2) is 4.98 Å². The van der Waals surface area contributed by atoms with Crippen LogP contribution >= 0.6 is 11.6 Å². The molecule has 0 fully saturated rings. The molecular formula is C24H20ClN5O2. The molecule has 3 aromatic rings. The van der Waals surface area contributed by atoms with Crippen molar-refractivity contribution < 1.29 is 9.59 Å². The molecule has 3 rings (SSSR count). The van der Waals surface area contributed by atoms with Crippen molar-refractivity contribution in [3.63, 3.8) is 0 Å². The van der Waals surface area contributed by atoms with E-state index in [0.29, 0.717) is 27.7 Å². The molecule has 1 aromatic heterocycles. The van der Waals surface area contributed by atoms with Crippen LogP contribution < -0.4 is 10.6 Å². The van der Waals surface area contributed by atoms with Crippen LogP contribution in [-0.2, 0) is 0 Å². The maximum Gasteiger partial charge on any atom is 0.258 e. The first-order valence-corrected chi connectivity index (χ1v) is 9.90. The number of pyridine rings is 1. The van der Waals surface area contributed by atoms with Gasteiger partial charge in [-0.15, -0.1) is 6.42 Å². The van der Waals surface area contributed by atoms with Crippen LogP contribution in [0.1, 0.15) is 31.8 Å². The molecular weight excluding hydrogens is 426 g/mol. The number of hydrogen-bond acceptors (Lipinski definition) is 5. The Balaban J connectivity index is 1.81. The number of aromatic nitrogens is 1. The Bertz CT molecular complexity index is 1200. The molecule has 160 valence electrons. The lowest BCUT2D eigenvalue weighted by Gasteiger charge is -2.12. The molecule has 0 atom stereocenters. The van der Waals surface area contributed by atoms with Crippen molar-refractivity contribution in [1.82, 2.24) is 9.99 Å². The summed E-state index contributed by atoms with van der Waals surface area (Å²) in [6.07, 6.45) is 8.59. The molecule has 0 aliphatic carbocycles. The first kappa shape index (κ1) is 22.5. The summed E-state index contributed by atoms with van der Waals surface area (Å²) >= 11 is 5.83. The predicted molar refractivity (Wildman–Crippen MR) is 127 cm³/mol. The Morgan fingerprint density at radius 2 is 1.81 bits per heavy atom. The number of halogens is 1. The average Bonchev–Trinajstić information content (AvgIpc) is 2.79. The Morgan fingerprint density at radius 1 is 1.06 bits per heavy atom. The number of nitrogens with one attached hydrogen (secondary N) is 2. The standard InChI is InChI=1S/C24H20ClN5O2/c1-4-16-7-11-21(20(13-16)24(32)29-22-12-10-19(25)15-26-22)28-23(31)18-8-5-17(6-9-18)14-27-30(2)3/h1,5-15H,2-3H3,(H,28,31)(H,26,29,32). The third-order valence-corrected chi connectivity index (χ3v) is 4.48. The van der Waals surface area contributed by atoms with E-state index in [1.54, 1.807) is 59.8 Å². The van der Waals surface area contributed by atoms with Gasteiger partial charge in [0.05, 0.1) is 22.5 Å². The number of anilines is 2. The number of carbonyl (C=O) groups is 2. The number of benzene rings is 2. The van der Waals surface area contributed by atoms with Crippen LogP contribution in [0.5, 0.6) is 0 Å². The monoisotopic (exact) mass is 445 g/mol. The number of amides is 2. The van der Waals surface area contributed by atoms with Gasteiger partial charge in [0.25, 0.3) is 11.8 Å². The number of rotatable bonds is 6. The maximum atomic E-state index is 12.9. The van der Waals surface area contributed by atoms with Gasteiger partial charge in [-0.05, 0) is 48.0 Å². The first-order valence-electron chi connectivity index (χ1n) is 9.52. The average molecular weight is 446 g/mol. The highest BCUT2D eigenvalue weighted by Gasteiger charge is 2.16. The SMILES string of the molecule is C#Cc1ccc(NC(=O)c2ccc(C=NN(C)C)cc2)c(C(=O)Nc2ccc(Cl)cn2)c1. The third kappa shape index (κ3) is 5.94. The molecule has 2 aromatic carbocycles. The summed E-state index contributed by atoms with van der Waals surface area (Å²) in [5, 5.41) is 11.7. The van der Waals surface area contributed by atoms with E-state index >= 15 is 0 Å². The summed E-state index contributed by atoms with van der Waals surface area (Å²) in [5.41, 5.74) is 2.31. The number of hydrazone groups is 1. The Morgan fingerprint density at radius 3 is 2.44 bits per heavy atom. The minimum absolute atomic E-state index is 0.209. The van der Waals surface area contributed by atoms with E-state index in [2.05, 4.69) is 26.6 Å². The van der Waals surface area contributed by atoms with Gasteiger partial charge in [0, 0.05) is 31.4 Å². The summed E-state index contributed by atoms with van der Waals surface area (Å²) in [7, 11) is 3.64. The van der Waals surface area contributed by atoms with Crippen LogP contribution in [0.3, 0.4) is 0 Å². The van der Waals surface area contributed by atoms with Gasteiger partial charge in [-0.1, -0.05) is 29.7 Å². The Kier molecular flexibility index (Phi) is 7.21. The van der Waals surface area contributed by atoms with E-state index in [1.807, 2.05) is 14.1 Å². The van der Waals surface area contributed by atoms with Gasteiger partial charge in [-0.3, -0.25) is 9.59 Å². The second kappa shape index (κ2) is 10.2. The maximum absolute atomic E-state index is 12.9. The van der Waals surface area contributed by atoms with Crippen molar-refractivity contribution in [1.29, 1.82) is 0 Å². The van der Waals surface area contributed by atoms with Gasteiger partial charge < -0.3 is 15.6 Å². The number of nitrogens with zero attached hydrogens (tertiary/aromatic N) is 3. The molecule has 0 spiro atoms. The highest BCUT2D eigenvalue weighted by atomic mass is 35.5. The second-order valence-electron chi connectivity index (χ2n) is 6.89.